The molecule has 2 rings (SSSR count). The van der Waals surface area contributed by atoms with Crippen LogP contribution < -0.4 is 4.90 Å². The maximum absolute atomic E-state index is 9.52. The van der Waals surface area contributed by atoms with Gasteiger partial charge >= 0.3 is 0 Å². The van der Waals surface area contributed by atoms with Crippen molar-refractivity contribution >= 4 is 16.5 Å². The number of hydrogen-bond acceptors (Lipinski definition) is 5. The summed E-state index contributed by atoms with van der Waals surface area (Å²) in [5.74, 6) is 0. The Bertz CT molecular complexity index is 420. The third kappa shape index (κ3) is 3.27. The highest BCUT2D eigenvalue weighted by molar-refractivity contribution is 7.15. The second kappa shape index (κ2) is 5.77. The first-order valence-corrected chi connectivity index (χ1v) is 7.66. The zero-order chi connectivity index (χ0) is 14.0. The van der Waals surface area contributed by atoms with Gasteiger partial charge in [0.05, 0.1) is 17.2 Å². The molecule has 19 heavy (non-hydrogen) atoms. The molecular formula is C14H24N2O2S. The predicted octanol–water partition coefficient (Wildman–Crippen LogP) is 2.55. The summed E-state index contributed by atoms with van der Waals surface area (Å²) < 4.78 is 5.41. The Labute approximate surface area is 119 Å². The molecule has 1 N–H and O–H groups in total. The number of ether oxygens (including phenoxy) is 1. The molecule has 5 heteroatoms. The Morgan fingerprint density at radius 1 is 1.37 bits per heavy atom. The Morgan fingerprint density at radius 3 is 2.47 bits per heavy atom. The monoisotopic (exact) mass is 284 g/mol. The van der Waals surface area contributed by atoms with Crippen molar-refractivity contribution in [2.75, 3.05) is 25.2 Å². The average molecular weight is 284 g/mol. The van der Waals surface area contributed by atoms with E-state index in [-0.39, 0.29) is 12.0 Å². The number of anilines is 1. The smallest absolute Gasteiger partial charge is 0.185 e. The van der Waals surface area contributed by atoms with Gasteiger partial charge in [0.2, 0.25) is 0 Å². The van der Waals surface area contributed by atoms with Crippen molar-refractivity contribution in [1.29, 1.82) is 0 Å². The van der Waals surface area contributed by atoms with Crippen molar-refractivity contribution in [3.05, 3.63) is 10.6 Å². The maximum Gasteiger partial charge on any atom is 0.185 e. The van der Waals surface area contributed by atoms with Gasteiger partial charge in [0, 0.05) is 31.7 Å². The first-order chi connectivity index (χ1) is 8.93. The second-order valence-electron chi connectivity index (χ2n) is 6.13. The van der Waals surface area contributed by atoms with Crippen LogP contribution in [0.4, 0.5) is 5.13 Å². The number of nitrogens with zero attached hydrogens (tertiary/aromatic N) is 2. The van der Waals surface area contributed by atoms with Crippen molar-refractivity contribution in [1.82, 2.24) is 4.98 Å². The molecule has 0 radical (unpaired) electrons. The van der Waals surface area contributed by atoms with E-state index >= 15 is 0 Å². The van der Waals surface area contributed by atoms with Crippen LogP contribution in [-0.4, -0.2) is 36.4 Å². The van der Waals surface area contributed by atoms with Crippen LogP contribution in [0.25, 0.3) is 0 Å². The molecule has 1 fully saturated rings. The molecule has 4 nitrogen and oxygen atoms in total. The summed E-state index contributed by atoms with van der Waals surface area (Å²) in [6, 6.07) is 0.499. The fourth-order valence-corrected chi connectivity index (χ4v) is 3.58. The molecule has 0 aliphatic carbocycles. The van der Waals surface area contributed by atoms with Crippen molar-refractivity contribution in [2.45, 2.75) is 51.7 Å². The van der Waals surface area contributed by atoms with Crippen LogP contribution in [0.2, 0.25) is 0 Å². The lowest BCUT2D eigenvalue weighted by Crippen LogP contribution is -2.36. The lowest BCUT2D eigenvalue weighted by molar-refractivity contribution is 0.0855. The van der Waals surface area contributed by atoms with Gasteiger partial charge in [0.25, 0.3) is 0 Å². The van der Waals surface area contributed by atoms with Gasteiger partial charge in [0.15, 0.2) is 5.13 Å². The largest absolute Gasteiger partial charge is 0.391 e. The summed E-state index contributed by atoms with van der Waals surface area (Å²) >= 11 is 1.61. The van der Waals surface area contributed by atoms with Crippen LogP contribution in [0.5, 0.6) is 0 Å². The minimum absolute atomic E-state index is 0.0245. The minimum Gasteiger partial charge on any atom is -0.391 e. The van der Waals surface area contributed by atoms with Gasteiger partial charge in [-0.25, -0.2) is 4.98 Å². The predicted molar refractivity (Wildman–Crippen MR) is 79.0 cm³/mol. The molecule has 0 spiro atoms. The van der Waals surface area contributed by atoms with Gasteiger partial charge in [0.1, 0.15) is 0 Å². The highest BCUT2D eigenvalue weighted by Crippen LogP contribution is 2.34. The molecule has 1 aliphatic heterocycles. The first-order valence-electron chi connectivity index (χ1n) is 6.85. The van der Waals surface area contributed by atoms with Crippen LogP contribution in [0, 0.1) is 0 Å². The van der Waals surface area contributed by atoms with E-state index in [1.54, 1.807) is 11.3 Å². The molecule has 1 aliphatic rings. The van der Waals surface area contributed by atoms with Crippen molar-refractivity contribution in [3.63, 3.8) is 0 Å². The molecule has 2 heterocycles. The first kappa shape index (κ1) is 14.8. The van der Waals surface area contributed by atoms with E-state index in [1.165, 1.54) is 0 Å². The van der Waals surface area contributed by atoms with Crippen LogP contribution >= 0.6 is 11.3 Å². The molecule has 1 saturated heterocycles. The van der Waals surface area contributed by atoms with E-state index in [2.05, 4.69) is 32.7 Å². The minimum atomic E-state index is -0.0245. The van der Waals surface area contributed by atoms with E-state index < -0.39 is 0 Å². The molecule has 0 bridgehead atoms. The fraction of sp³-hybridized carbons (Fsp3) is 0.786. The zero-order valence-corrected chi connectivity index (χ0v) is 13.1. The summed E-state index contributed by atoms with van der Waals surface area (Å²) in [5, 5.41) is 10.5. The van der Waals surface area contributed by atoms with Gasteiger partial charge in [-0.15, -0.1) is 0 Å². The van der Waals surface area contributed by atoms with Gasteiger partial charge < -0.3 is 14.7 Å². The lowest BCUT2D eigenvalue weighted by atomic mass is 9.91. The van der Waals surface area contributed by atoms with Crippen LogP contribution in [0.1, 0.15) is 44.2 Å². The third-order valence-electron chi connectivity index (χ3n) is 3.58. The van der Waals surface area contributed by atoms with Gasteiger partial charge in [-0.1, -0.05) is 32.1 Å². The van der Waals surface area contributed by atoms with E-state index in [0.717, 1.165) is 41.8 Å². The SMILES string of the molecule is CN(c1nc(C(C)(C)C)c(CO)s1)C1CCOCC1. The van der Waals surface area contributed by atoms with Gasteiger partial charge in [-0.05, 0) is 12.8 Å². The highest BCUT2D eigenvalue weighted by atomic mass is 32.1. The highest BCUT2D eigenvalue weighted by Gasteiger charge is 2.26. The van der Waals surface area contributed by atoms with Crippen molar-refractivity contribution in [3.8, 4) is 0 Å². The summed E-state index contributed by atoms with van der Waals surface area (Å²) in [4.78, 5) is 8.01. The lowest BCUT2D eigenvalue weighted by Gasteiger charge is -2.31. The Kier molecular flexibility index (Phi) is 4.48. The van der Waals surface area contributed by atoms with E-state index in [1.807, 2.05) is 0 Å². The molecular weight excluding hydrogens is 260 g/mol. The van der Waals surface area contributed by atoms with Crippen LogP contribution in [0.3, 0.4) is 0 Å². The van der Waals surface area contributed by atoms with Crippen molar-refractivity contribution < 1.29 is 9.84 Å². The molecule has 0 amide bonds. The van der Waals surface area contributed by atoms with Gasteiger partial charge in [-0.2, -0.15) is 0 Å². The second-order valence-corrected chi connectivity index (χ2v) is 7.19. The maximum atomic E-state index is 9.52. The summed E-state index contributed by atoms with van der Waals surface area (Å²) in [7, 11) is 2.10. The number of aliphatic hydroxyl groups is 1. The van der Waals surface area contributed by atoms with Gasteiger partial charge in [-0.3, -0.25) is 0 Å². The quantitative estimate of drug-likeness (QED) is 0.926. The Morgan fingerprint density at radius 2 is 2.00 bits per heavy atom. The van der Waals surface area contributed by atoms with E-state index in [9.17, 15) is 5.11 Å². The topological polar surface area (TPSA) is 45.6 Å². The normalized spacial score (nSPS) is 17.7. The van der Waals surface area contributed by atoms with E-state index in [0.29, 0.717) is 6.04 Å². The van der Waals surface area contributed by atoms with E-state index in [4.69, 9.17) is 9.72 Å². The number of rotatable bonds is 3. The van der Waals surface area contributed by atoms with Crippen molar-refractivity contribution in [2.24, 2.45) is 0 Å². The number of aromatic nitrogens is 1. The fourth-order valence-electron chi connectivity index (χ4n) is 2.41. The molecule has 0 atom stereocenters. The molecule has 0 saturated carbocycles. The number of hydrogen-bond donors (Lipinski definition) is 1. The molecule has 0 unspecified atom stereocenters. The standard InChI is InChI=1S/C14H24N2O2S/c1-14(2,3)12-11(9-17)19-13(15-12)16(4)10-5-7-18-8-6-10/h10,17H,5-9H2,1-4H3. The average Bonchev–Trinajstić information content (AvgIpc) is 2.83. The molecule has 1 aromatic rings. The molecule has 1 aromatic heterocycles. The summed E-state index contributed by atoms with van der Waals surface area (Å²) in [5.41, 5.74) is 0.998. The third-order valence-corrected chi connectivity index (χ3v) is 4.71. The Balaban J connectivity index is 2.22. The zero-order valence-electron chi connectivity index (χ0n) is 12.3. The summed E-state index contributed by atoms with van der Waals surface area (Å²) in [6.45, 7) is 8.16. The van der Waals surface area contributed by atoms with Crippen LogP contribution in [0.15, 0.2) is 0 Å². The Hall–Kier alpha value is -0.650. The number of thiazole rings is 1. The number of aliphatic hydroxyl groups excluding tert-OH is 1. The molecule has 108 valence electrons. The summed E-state index contributed by atoms with van der Waals surface area (Å²) in [6.07, 6.45) is 2.10. The molecule has 0 aromatic carbocycles. The van der Waals surface area contributed by atoms with Crippen LogP contribution in [-0.2, 0) is 16.8 Å².